The number of hydrogen-bond acceptors (Lipinski definition) is 5. The van der Waals surface area contributed by atoms with Crippen molar-refractivity contribution >= 4 is 22.8 Å². The highest BCUT2D eigenvalue weighted by Crippen LogP contribution is 2.22. The standard InChI is InChI=1S/C19H28N6O/c1-13-12-14(8-9-20-13)21-19(26)17-15-6-7-16(22-18(15)24-23-17)25-10-4-2-3-5-11-25/h6-7,13-14,20H,2-5,8-12H2,1H3,(H,21,26)(H,22,23,24). The van der Waals surface area contributed by atoms with Crippen molar-refractivity contribution in [2.24, 2.45) is 0 Å². The first-order chi connectivity index (χ1) is 12.7. The van der Waals surface area contributed by atoms with Gasteiger partial charge in [0.25, 0.3) is 5.91 Å². The number of hydrogen-bond donors (Lipinski definition) is 3. The molecule has 0 saturated carbocycles. The van der Waals surface area contributed by atoms with Crippen LogP contribution in [0.15, 0.2) is 12.1 Å². The number of amides is 1. The van der Waals surface area contributed by atoms with Crippen LogP contribution < -0.4 is 15.5 Å². The summed E-state index contributed by atoms with van der Waals surface area (Å²) in [4.78, 5) is 19.7. The molecule has 0 aromatic carbocycles. The Morgan fingerprint density at radius 3 is 2.81 bits per heavy atom. The van der Waals surface area contributed by atoms with Crippen molar-refractivity contribution < 1.29 is 4.79 Å². The van der Waals surface area contributed by atoms with E-state index in [1.54, 1.807) is 0 Å². The van der Waals surface area contributed by atoms with Gasteiger partial charge in [-0.15, -0.1) is 0 Å². The number of carbonyl (C=O) groups is 1. The molecule has 0 aliphatic carbocycles. The Hall–Kier alpha value is -2.15. The molecule has 0 bridgehead atoms. The highest BCUT2D eigenvalue weighted by molar-refractivity contribution is 6.04. The van der Waals surface area contributed by atoms with Crippen LogP contribution in [0.3, 0.4) is 0 Å². The van der Waals surface area contributed by atoms with Crippen LogP contribution in [0, 0.1) is 0 Å². The summed E-state index contributed by atoms with van der Waals surface area (Å²) in [5.74, 6) is 0.863. The largest absolute Gasteiger partial charge is 0.357 e. The summed E-state index contributed by atoms with van der Waals surface area (Å²) in [5, 5.41) is 14.5. The molecule has 4 rings (SSSR count). The van der Waals surface area contributed by atoms with Crippen LogP contribution in [-0.2, 0) is 0 Å². The number of anilines is 1. The average molecular weight is 356 g/mol. The molecule has 140 valence electrons. The van der Waals surface area contributed by atoms with E-state index in [2.05, 4.69) is 32.7 Å². The molecule has 0 radical (unpaired) electrons. The molecular formula is C19H28N6O. The van der Waals surface area contributed by atoms with Gasteiger partial charge in [0.15, 0.2) is 11.3 Å². The summed E-state index contributed by atoms with van der Waals surface area (Å²) >= 11 is 0. The third kappa shape index (κ3) is 3.67. The van der Waals surface area contributed by atoms with Crippen molar-refractivity contribution in [2.75, 3.05) is 24.5 Å². The predicted molar refractivity (Wildman–Crippen MR) is 103 cm³/mol. The predicted octanol–water partition coefficient (Wildman–Crippen LogP) is 2.21. The first-order valence-electron chi connectivity index (χ1n) is 9.85. The minimum atomic E-state index is -0.111. The fourth-order valence-corrected chi connectivity index (χ4v) is 4.06. The van der Waals surface area contributed by atoms with E-state index in [0.29, 0.717) is 17.4 Å². The van der Waals surface area contributed by atoms with Crippen molar-refractivity contribution in [3.63, 3.8) is 0 Å². The maximum absolute atomic E-state index is 12.7. The Morgan fingerprint density at radius 2 is 2.04 bits per heavy atom. The molecule has 2 aromatic heterocycles. The van der Waals surface area contributed by atoms with Gasteiger partial charge in [0.2, 0.25) is 0 Å². The third-order valence-electron chi connectivity index (χ3n) is 5.51. The Labute approximate surface area is 153 Å². The van der Waals surface area contributed by atoms with Gasteiger partial charge in [-0.1, -0.05) is 12.8 Å². The highest BCUT2D eigenvalue weighted by Gasteiger charge is 2.23. The van der Waals surface area contributed by atoms with Gasteiger partial charge in [0.05, 0.1) is 5.39 Å². The van der Waals surface area contributed by atoms with E-state index in [9.17, 15) is 4.79 Å². The van der Waals surface area contributed by atoms with Gasteiger partial charge in [0, 0.05) is 25.2 Å². The van der Waals surface area contributed by atoms with E-state index in [4.69, 9.17) is 4.98 Å². The summed E-state index contributed by atoms with van der Waals surface area (Å²) in [7, 11) is 0. The molecular weight excluding hydrogens is 328 g/mol. The molecule has 4 heterocycles. The van der Waals surface area contributed by atoms with Crippen LogP contribution in [0.4, 0.5) is 5.82 Å². The van der Waals surface area contributed by atoms with Gasteiger partial charge in [0.1, 0.15) is 5.82 Å². The lowest BCUT2D eigenvalue weighted by molar-refractivity contribution is 0.0922. The zero-order valence-electron chi connectivity index (χ0n) is 15.4. The second-order valence-corrected chi connectivity index (χ2v) is 7.59. The Kier molecular flexibility index (Phi) is 5.06. The molecule has 7 heteroatoms. The van der Waals surface area contributed by atoms with Crippen LogP contribution in [0.5, 0.6) is 0 Å². The van der Waals surface area contributed by atoms with Crippen molar-refractivity contribution in [1.29, 1.82) is 0 Å². The quantitative estimate of drug-likeness (QED) is 0.785. The van der Waals surface area contributed by atoms with Crippen molar-refractivity contribution in [3.8, 4) is 0 Å². The summed E-state index contributed by atoms with van der Waals surface area (Å²) in [6.45, 7) is 5.19. The smallest absolute Gasteiger partial charge is 0.272 e. The van der Waals surface area contributed by atoms with Gasteiger partial charge in [-0.2, -0.15) is 5.10 Å². The zero-order valence-corrected chi connectivity index (χ0v) is 15.4. The van der Waals surface area contributed by atoms with Crippen LogP contribution >= 0.6 is 0 Å². The normalized spacial score (nSPS) is 24.4. The number of nitrogens with one attached hydrogen (secondary N) is 3. The number of carbonyl (C=O) groups excluding carboxylic acids is 1. The Balaban J connectivity index is 1.50. The lowest BCUT2D eigenvalue weighted by atomic mass is 10.0. The second kappa shape index (κ2) is 7.61. The fraction of sp³-hybridized carbons (Fsp3) is 0.632. The van der Waals surface area contributed by atoms with Gasteiger partial charge in [-0.05, 0) is 51.3 Å². The van der Waals surface area contributed by atoms with E-state index in [-0.39, 0.29) is 11.9 Å². The topological polar surface area (TPSA) is 85.9 Å². The molecule has 2 unspecified atom stereocenters. The number of fused-ring (bicyclic) bond motifs is 1. The van der Waals surface area contributed by atoms with Gasteiger partial charge in [-0.25, -0.2) is 4.98 Å². The molecule has 2 saturated heterocycles. The highest BCUT2D eigenvalue weighted by atomic mass is 16.2. The van der Waals surface area contributed by atoms with E-state index in [1.807, 2.05) is 12.1 Å². The number of aromatic amines is 1. The molecule has 2 aromatic rings. The van der Waals surface area contributed by atoms with Crippen molar-refractivity contribution in [3.05, 3.63) is 17.8 Å². The minimum Gasteiger partial charge on any atom is -0.357 e. The molecule has 2 aliphatic rings. The SMILES string of the molecule is CC1CC(NC(=O)c2n[nH]c3nc(N4CCCCCC4)ccc23)CCN1. The fourth-order valence-electron chi connectivity index (χ4n) is 4.06. The van der Waals surface area contributed by atoms with Crippen molar-refractivity contribution in [1.82, 2.24) is 25.8 Å². The zero-order chi connectivity index (χ0) is 17.9. The monoisotopic (exact) mass is 356 g/mol. The number of piperidine rings is 1. The molecule has 2 atom stereocenters. The third-order valence-corrected chi connectivity index (χ3v) is 5.51. The number of nitrogens with zero attached hydrogens (tertiary/aromatic N) is 3. The van der Waals surface area contributed by atoms with Crippen LogP contribution in [0.1, 0.15) is 55.9 Å². The summed E-state index contributed by atoms with van der Waals surface area (Å²) in [5.41, 5.74) is 1.14. The number of rotatable bonds is 3. The van der Waals surface area contributed by atoms with Crippen LogP contribution in [-0.4, -0.2) is 52.8 Å². The average Bonchev–Trinajstić information content (AvgIpc) is 2.86. The molecule has 3 N–H and O–H groups in total. The second-order valence-electron chi connectivity index (χ2n) is 7.59. The molecule has 26 heavy (non-hydrogen) atoms. The maximum atomic E-state index is 12.7. The summed E-state index contributed by atoms with van der Waals surface area (Å²) in [6.07, 6.45) is 6.92. The lowest BCUT2D eigenvalue weighted by Gasteiger charge is -2.28. The summed E-state index contributed by atoms with van der Waals surface area (Å²) in [6, 6.07) is 4.64. The number of pyridine rings is 1. The minimum absolute atomic E-state index is 0.111. The van der Waals surface area contributed by atoms with Crippen molar-refractivity contribution in [2.45, 2.75) is 57.5 Å². The first-order valence-corrected chi connectivity index (χ1v) is 9.85. The van der Waals surface area contributed by atoms with Gasteiger partial charge >= 0.3 is 0 Å². The molecule has 7 nitrogen and oxygen atoms in total. The van der Waals surface area contributed by atoms with E-state index in [0.717, 1.165) is 43.7 Å². The molecule has 0 spiro atoms. The van der Waals surface area contributed by atoms with Crippen LogP contribution in [0.2, 0.25) is 0 Å². The van der Waals surface area contributed by atoms with Gasteiger partial charge in [-0.3, -0.25) is 9.89 Å². The number of H-pyrrole nitrogens is 1. The van der Waals surface area contributed by atoms with E-state index < -0.39 is 0 Å². The van der Waals surface area contributed by atoms with Crippen LogP contribution in [0.25, 0.3) is 11.0 Å². The first kappa shape index (κ1) is 17.3. The summed E-state index contributed by atoms with van der Waals surface area (Å²) < 4.78 is 0. The molecule has 2 fully saturated rings. The Bertz CT molecular complexity index is 764. The Morgan fingerprint density at radius 1 is 1.23 bits per heavy atom. The van der Waals surface area contributed by atoms with E-state index in [1.165, 1.54) is 25.7 Å². The number of aromatic nitrogens is 3. The van der Waals surface area contributed by atoms with Gasteiger partial charge < -0.3 is 15.5 Å². The lowest BCUT2D eigenvalue weighted by Crippen LogP contribution is -2.46. The maximum Gasteiger partial charge on any atom is 0.272 e. The molecule has 2 aliphatic heterocycles. The molecule has 1 amide bonds. The van der Waals surface area contributed by atoms with E-state index >= 15 is 0 Å².